The first-order valence-corrected chi connectivity index (χ1v) is 5.88. The van der Waals surface area contributed by atoms with Gasteiger partial charge >= 0.3 is 0 Å². The Morgan fingerprint density at radius 1 is 1.50 bits per heavy atom. The van der Waals surface area contributed by atoms with Crippen molar-refractivity contribution in [1.29, 1.82) is 0 Å². The summed E-state index contributed by atoms with van der Waals surface area (Å²) in [6.45, 7) is 0. The third-order valence-electron chi connectivity index (χ3n) is 1.87. The highest BCUT2D eigenvalue weighted by atomic mass is 79.9. The summed E-state index contributed by atoms with van der Waals surface area (Å²) in [7, 11) is 3.19. The molecule has 0 saturated carbocycles. The molecule has 0 radical (unpaired) electrons. The van der Waals surface area contributed by atoms with Gasteiger partial charge in [-0.3, -0.25) is 0 Å². The predicted molar refractivity (Wildman–Crippen MR) is 61.5 cm³/mol. The molecule has 0 bridgehead atoms. The standard InChI is InChI=1S/C9H14BrNO2S/c1-12-9(13-2)8(11)4-7-3-6(10)5-14-7/h3,5,8-9H,4,11H2,1-2H3. The van der Waals surface area contributed by atoms with Gasteiger partial charge in [0.05, 0.1) is 6.04 Å². The van der Waals surface area contributed by atoms with E-state index in [-0.39, 0.29) is 12.3 Å². The fraction of sp³-hybridized carbons (Fsp3) is 0.556. The van der Waals surface area contributed by atoms with Crippen molar-refractivity contribution in [3.8, 4) is 0 Å². The SMILES string of the molecule is COC(OC)C(N)Cc1cc(Br)cs1. The third-order valence-corrected chi connectivity index (χ3v) is 3.59. The third kappa shape index (κ3) is 3.33. The fourth-order valence-corrected chi connectivity index (χ4v) is 2.76. The molecule has 1 aromatic heterocycles. The van der Waals surface area contributed by atoms with Gasteiger partial charge in [0.1, 0.15) is 0 Å². The van der Waals surface area contributed by atoms with Gasteiger partial charge in [0.2, 0.25) is 0 Å². The minimum absolute atomic E-state index is 0.129. The van der Waals surface area contributed by atoms with E-state index in [1.165, 1.54) is 4.88 Å². The highest BCUT2D eigenvalue weighted by molar-refractivity contribution is 9.10. The van der Waals surface area contributed by atoms with Crippen LogP contribution in [-0.4, -0.2) is 26.6 Å². The normalized spacial score (nSPS) is 13.5. The van der Waals surface area contributed by atoms with Crippen LogP contribution < -0.4 is 5.73 Å². The van der Waals surface area contributed by atoms with Gasteiger partial charge in [0.25, 0.3) is 0 Å². The number of methoxy groups -OCH3 is 2. The predicted octanol–water partition coefficient (Wildman–Crippen LogP) is 2.00. The van der Waals surface area contributed by atoms with Crippen molar-refractivity contribution < 1.29 is 9.47 Å². The summed E-state index contributed by atoms with van der Waals surface area (Å²) < 4.78 is 11.3. The molecule has 2 N–H and O–H groups in total. The zero-order valence-corrected chi connectivity index (χ0v) is 10.6. The molecule has 1 unspecified atom stereocenters. The van der Waals surface area contributed by atoms with E-state index in [4.69, 9.17) is 15.2 Å². The minimum Gasteiger partial charge on any atom is -0.354 e. The van der Waals surface area contributed by atoms with Crippen LogP contribution in [0.5, 0.6) is 0 Å². The number of hydrogen-bond donors (Lipinski definition) is 1. The average Bonchev–Trinajstić information content (AvgIpc) is 2.53. The van der Waals surface area contributed by atoms with Crippen LogP contribution in [0.4, 0.5) is 0 Å². The average molecular weight is 280 g/mol. The molecular weight excluding hydrogens is 266 g/mol. The van der Waals surface area contributed by atoms with Crippen LogP contribution >= 0.6 is 27.3 Å². The van der Waals surface area contributed by atoms with Crippen molar-refractivity contribution in [3.63, 3.8) is 0 Å². The van der Waals surface area contributed by atoms with Gasteiger partial charge in [-0.15, -0.1) is 11.3 Å². The Morgan fingerprint density at radius 2 is 2.14 bits per heavy atom. The molecule has 0 aliphatic carbocycles. The number of nitrogens with two attached hydrogens (primary N) is 1. The van der Waals surface area contributed by atoms with Crippen LogP contribution in [-0.2, 0) is 15.9 Å². The molecule has 0 fully saturated rings. The second kappa shape index (κ2) is 5.82. The lowest BCUT2D eigenvalue weighted by Gasteiger charge is -2.20. The van der Waals surface area contributed by atoms with Gasteiger partial charge in [-0.2, -0.15) is 0 Å². The van der Waals surface area contributed by atoms with E-state index in [1.54, 1.807) is 25.6 Å². The molecule has 0 amide bonds. The Balaban J connectivity index is 2.51. The molecule has 1 atom stereocenters. The summed E-state index contributed by atoms with van der Waals surface area (Å²) in [6, 6.07) is 1.93. The summed E-state index contributed by atoms with van der Waals surface area (Å²) >= 11 is 5.08. The van der Waals surface area contributed by atoms with Gasteiger partial charge in [0.15, 0.2) is 6.29 Å². The van der Waals surface area contributed by atoms with Crippen molar-refractivity contribution in [2.24, 2.45) is 5.73 Å². The molecular formula is C9H14BrNO2S. The van der Waals surface area contributed by atoms with Gasteiger partial charge in [-0.05, 0) is 22.0 Å². The first-order valence-electron chi connectivity index (χ1n) is 4.21. The number of thiophene rings is 1. The molecule has 1 aromatic rings. The van der Waals surface area contributed by atoms with Crippen molar-refractivity contribution in [1.82, 2.24) is 0 Å². The van der Waals surface area contributed by atoms with Gasteiger partial charge in [-0.25, -0.2) is 0 Å². The summed E-state index contributed by atoms with van der Waals surface area (Å²) in [6.07, 6.45) is 0.429. The van der Waals surface area contributed by atoms with Crippen LogP contribution in [0.25, 0.3) is 0 Å². The van der Waals surface area contributed by atoms with Crippen molar-refractivity contribution in [2.75, 3.05) is 14.2 Å². The molecule has 0 aromatic carbocycles. The lowest BCUT2D eigenvalue weighted by atomic mass is 10.2. The molecule has 14 heavy (non-hydrogen) atoms. The largest absolute Gasteiger partial charge is 0.354 e. The number of halogens is 1. The second-order valence-electron chi connectivity index (χ2n) is 2.94. The smallest absolute Gasteiger partial charge is 0.172 e. The van der Waals surface area contributed by atoms with Crippen LogP contribution in [0.3, 0.4) is 0 Å². The minimum atomic E-state index is -0.337. The Hall–Kier alpha value is 0.0600. The van der Waals surface area contributed by atoms with E-state index in [1.807, 2.05) is 5.38 Å². The molecule has 3 nitrogen and oxygen atoms in total. The van der Waals surface area contributed by atoms with Gasteiger partial charge in [-0.1, -0.05) is 0 Å². The maximum Gasteiger partial charge on any atom is 0.172 e. The molecule has 80 valence electrons. The van der Waals surface area contributed by atoms with Crippen LogP contribution in [0, 0.1) is 0 Å². The van der Waals surface area contributed by atoms with E-state index in [2.05, 4.69) is 22.0 Å². The highest BCUT2D eigenvalue weighted by Gasteiger charge is 2.17. The summed E-state index contributed by atoms with van der Waals surface area (Å²) in [5, 5.41) is 2.04. The highest BCUT2D eigenvalue weighted by Crippen LogP contribution is 2.21. The fourth-order valence-electron chi connectivity index (χ4n) is 1.24. The Labute approximate surface area is 96.3 Å². The van der Waals surface area contributed by atoms with E-state index >= 15 is 0 Å². The lowest BCUT2D eigenvalue weighted by molar-refractivity contribution is -0.115. The Kier molecular flexibility index (Phi) is 5.05. The number of hydrogen-bond acceptors (Lipinski definition) is 4. The monoisotopic (exact) mass is 279 g/mol. The van der Waals surface area contributed by atoms with Crippen LogP contribution in [0.15, 0.2) is 15.9 Å². The zero-order chi connectivity index (χ0) is 10.6. The van der Waals surface area contributed by atoms with Gasteiger partial charge < -0.3 is 15.2 Å². The van der Waals surface area contributed by atoms with Crippen molar-refractivity contribution in [2.45, 2.75) is 18.8 Å². The van der Waals surface area contributed by atoms with Crippen LogP contribution in [0.2, 0.25) is 0 Å². The maximum absolute atomic E-state index is 5.92. The molecule has 1 heterocycles. The van der Waals surface area contributed by atoms with E-state index in [0.29, 0.717) is 0 Å². The van der Waals surface area contributed by atoms with Crippen molar-refractivity contribution in [3.05, 3.63) is 20.8 Å². The summed E-state index contributed by atoms with van der Waals surface area (Å²) in [5.41, 5.74) is 5.92. The van der Waals surface area contributed by atoms with Gasteiger partial charge in [0, 0.05) is 35.4 Å². The van der Waals surface area contributed by atoms with E-state index in [0.717, 1.165) is 10.9 Å². The molecule has 0 aliphatic heterocycles. The lowest BCUT2D eigenvalue weighted by Crippen LogP contribution is -2.39. The molecule has 5 heteroatoms. The van der Waals surface area contributed by atoms with E-state index < -0.39 is 0 Å². The molecule has 0 spiro atoms. The molecule has 0 aliphatic rings. The molecule has 1 rings (SSSR count). The van der Waals surface area contributed by atoms with Crippen molar-refractivity contribution >= 4 is 27.3 Å². The topological polar surface area (TPSA) is 44.5 Å². The zero-order valence-electron chi connectivity index (χ0n) is 8.20. The molecule has 0 saturated heterocycles. The van der Waals surface area contributed by atoms with Crippen LogP contribution in [0.1, 0.15) is 4.88 Å². The second-order valence-corrected chi connectivity index (χ2v) is 4.85. The maximum atomic E-state index is 5.92. The van der Waals surface area contributed by atoms with E-state index in [9.17, 15) is 0 Å². The summed E-state index contributed by atoms with van der Waals surface area (Å²) in [4.78, 5) is 1.23. The first-order chi connectivity index (χ1) is 6.67. The number of rotatable bonds is 5. The number of ether oxygens (including phenoxy) is 2. The summed E-state index contributed by atoms with van der Waals surface area (Å²) in [5.74, 6) is 0. The first kappa shape index (κ1) is 12.1. The Morgan fingerprint density at radius 3 is 2.57 bits per heavy atom. The Bertz CT molecular complexity index is 276. The quantitative estimate of drug-likeness (QED) is 0.839.